The van der Waals surface area contributed by atoms with Crippen molar-refractivity contribution in [3.05, 3.63) is 0 Å². The molecule has 0 heterocycles. The molecule has 1 amide bonds. The van der Waals surface area contributed by atoms with Crippen molar-refractivity contribution >= 4 is 5.91 Å². The van der Waals surface area contributed by atoms with Gasteiger partial charge in [-0.25, -0.2) is 0 Å². The maximum absolute atomic E-state index is 11.7. The molecule has 0 fully saturated rings. The smallest absolute Gasteiger partial charge is 0.251 e. The van der Waals surface area contributed by atoms with Gasteiger partial charge in [-0.1, -0.05) is 13.8 Å². The number of hydrogen-bond acceptors (Lipinski definition) is 3. The van der Waals surface area contributed by atoms with E-state index in [4.69, 9.17) is 0 Å². The van der Waals surface area contributed by atoms with E-state index in [0.29, 0.717) is 5.92 Å². The summed E-state index contributed by atoms with van der Waals surface area (Å²) >= 11 is 0. The first-order valence-corrected chi connectivity index (χ1v) is 5.81. The second-order valence-corrected chi connectivity index (χ2v) is 5.62. The summed E-state index contributed by atoms with van der Waals surface area (Å²) in [5.74, 6) is 0.215. The van der Waals surface area contributed by atoms with E-state index >= 15 is 0 Å². The van der Waals surface area contributed by atoms with Crippen molar-refractivity contribution in [3.63, 3.8) is 0 Å². The first kappa shape index (κ1) is 15.4. The van der Waals surface area contributed by atoms with Gasteiger partial charge in [-0.3, -0.25) is 4.79 Å². The Labute approximate surface area is 99.0 Å². The third kappa shape index (κ3) is 6.80. The predicted octanol–water partition coefficient (Wildman–Crippen LogP) is 0.850. The number of aliphatic hydroxyl groups is 1. The molecule has 96 valence electrons. The molecule has 0 aliphatic carbocycles. The molecule has 16 heavy (non-hydrogen) atoms. The van der Waals surface area contributed by atoms with E-state index in [1.807, 2.05) is 19.0 Å². The Morgan fingerprint density at radius 2 is 1.88 bits per heavy atom. The average molecular weight is 230 g/mol. The number of amides is 1. The molecule has 4 nitrogen and oxygen atoms in total. The summed E-state index contributed by atoms with van der Waals surface area (Å²) in [5.41, 5.74) is -1.30. The molecule has 4 heteroatoms. The number of carbonyl (C=O) groups excluding carboxylic acids is 1. The van der Waals surface area contributed by atoms with Gasteiger partial charge in [0.1, 0.15) is 5.60 Å². The lowest BCUT2D eigenvalue weighted by Crippen LogP contribution is -2.50. The van der Waals surface area contributed by atoms with Gasteiger partial charge in [-0.15, -0.1) is 0 Å². The summed E-state index contributed by atoms with van der Waals surface area (Å²) in [7, 11) is 3.95. The lowest BCUT2D eigenvalue weighted by atomic mass is 10.0. The van der Waals surface area contributed by atoms with Crippen LogP contribution in [0.15, 0.2) is 0 Å². The standard InChI is InChI=1S/C12H26N2O2/c1-9(2)7-10(8-14(5)6)13-11(15)12(3,4)16/h9-10,16H,7-8H2,1-6H3,(H,13,15). The summed E-state index contributed by atoms with van der Waals surface area (Å²) in [6.07, 6.45) is 0.917. The molecule has 2 N–H and O–H groups in total. The number of likely N-dealkylation sites (N-methyl/N-ethyl adjacent to an activating group) is 1. The minimum absolute atomic E-state index is 0.0916. The predicted molar refractivity (Wildman–Crippen MR) is 66.2 cm³/mol. The van der Waals surface area contributed by atoms with Crippen molar-refractivity contribution in [2.24, 2.45) is 5.92 Å². The van der Waals surface area contributed by atoms with Crippen molar-refractivity contribution in [1.29, 1.82) is 0 Å². The van der Waals surface area contributed by atoms with Gasteiger partial charge in [0.15, 0.2) is 0 Å². The zero-order valence-electron chi connectivity index (χ0n) is 11.4. The minimum Gasteiger partial charge on any atom is -0.381 e. The van der Waals surface area contributed by atoms with Gasteiger partial charge in [0.05, 0.1) is 0 Å². The zero-order valence-corrected chi connectivity index (χ0v) is 11.4. The summed E-state index contributed by atoms with van der Waals surface area (Å²) in [6.45, 7) is 8.05. The molecule has 0 saturated carbocycles. The molecule has 1 atom stereocenters. The fourth-order valence-electron chi connectivity index (χ4n) is 1.55. The third-order valence-electron chi connectivity index (χ3n) is 2.23. The molecule has 0 bridgehead atoms. The van der Waals surface area contributed by atoms with Crippen LogP contribution in [0.4, 0.5) is 0 Å². The van der Waals surface area contributed by atoms with Crippen LogP contribution in [0.1, 0.15) is 34.1 Å². The normalized spacial score (nSPS) is 14.3. The molecule has 0 aromatic rings. The minimum atomic E-state index is -1.30. The van der Waals surface area contributed by atoms with Crippen molar-refractivity contribution < 1.29 is 9.90 Å². The molecular formula is C12H26N2O2. The lowest BCUT2D eigenvalue weighted by molar-refractivity contribution is -0.137. The molecule has 0 saturated heterocycles. The van der Waals surface area contributed by atoms with E-state index < -0.39 is 5.60 Å². The van der Waals surface area contributed by atoms with Crippen LogP contribution in [0.25, 0.3) is 0 Å². The summed E-state index contributed by atoms with van der Waals surface area (Å²) in [5, 5.41) is 12.5. The van der Waals surface area contributed by atoms with Crippen LogP contribution in [0.2, 0.25) is 0 Å². The first-order chi connectivity index (χ1) is 7.12. The van der Waals surface area contributed by atoms with Gasteiger partial charge >= 0.3 is 0 Å². The van der Waals surface area contributed by atoms with E-state index in [9.17, 15) is 9.90 Å². The quantitative estimate of drug-likeness (QED) is 0.711. The first-order valence-electron chi connectivity index (χ1n) is 5.81. The van der Waals surface area contributed by atoms with E-state index in [1.165, 1.54) is 13.8 Å². The highest BCUT2D eigenvalue weighted by Gasteiger charge is 2.26. The van der Waals surface area contributed by atoms with Crippen LogP contribution in [0, 0.1) is 5.92 Å². The molecular weight excluding hydrogens is 204 g/mol. The van der Waals surface area contributed by atoms with Crippen molar-refractivity contribution in [2.75, 3.05) is 20.6 Å². The van der Waals surface area contributed by atoms with E-state index in [1.54, 1.807) is 0 Å². The van der Waals surface area contributed by atoms with Crippen LogP contribution in [-0.2, 0) is 4.79 Å². The van der Waals surface area contributed by atoms with Crippen molar-refractivity contribution in [1.82, 2.24) is 10.2 Å². The number of rotatable bonds is 6. The van der Waals surface area contributed by atoms with Crippen LogP contribution in [0.3, 0.4) is 0 Å². The van der Waals surface area contributed by atoms with E-state index in [2.05, 4.69) is 19.2 Å². The van der Waals surface area contributed by atoms with Gasteiger partial charge in [-0.2, -0.15) is 0 Å². The highest BCUT2D eigenvalue weighted by atomic mass is 16.3. The number of nitrogens with zero attached hydrogens (tertiary/aromatic N) is 1. The second-order valence-electron chi connectivity index (χ2n) is 5.62. The Kier molecular flexibility index (Phi) is 5.97. The maximum atomic E-state index is 11.7. The monoisotopic (exact) mass is 230 g/mol. The molecule has 0 aliphatic heterocycles. The summed E-state index contributed by atoms with van der Waals surface area (Å²) in [6, 6.07) is 0.0916. The van der Waals surface area contributed by atoms with Crippen LogP contribution < -0.4 is 5.32 Å². The maximum Gasteiger partial charge on any atom is 0.251 e. The van der Waals surface area contributed by atoms with Crippen molar-refractivity contribution in [3.8, 4) is 0 Å². The Bertz CT molecular complexity index is 210. The fourth-order valence-corrected chi connectivity index (χ4v) is 1.55. The molecule has 0 rings (SSSR count). The number of hydrogen-bond donors (Lipinski definition) is 2. The summed E-state index contributed by atoms with van der Waals surface area (Å²) in [4.78, 5) is 13.7. The van der Waals surface area contributed by atoms with E-state index in [0.717, 1.165) is 13.0 Å². The highest BCUT2D eigenvalue weighted by molar-refractivity contribution is 5.84. The molecule has 1 unspecified atom stereocenters. The fraction of sp³-hybridized carbons (Fsp3) is 0.917. The van der Waals surface area contributed by atoms with Crippen LogP contribution in [0.5, 0.6) is 0 Å². The van der Waals surface area contributed by atoms with Gasteiger partial charge in [0.2, 0.25) is 0 Å². The Morgan fingerprint density at radius 1 is 1.38 bits per heavy atom. The van der Waals surface area contributed by atoms with Gasteiger partial charge in [-0.05, 0) is 40.3 Å². The van der Waals surface area contributed by atoms with Crippen LogP contribution >= 0.6 is 0 Å². The topological polar surface area (TPSA) is 52.6 Å². The van der Waals surface area contributed by atoms with Gasteiger partial charge in [0, 0.05) is 12.6 Å². The average Bonchev–Trinajstić information content (AvgIpc) is 1.98. The van der Waals surface area contributed by atoms with Crippen LogP contribution in [-0.4, -0.2) is 48.2 Å². The lowest BCUT2D eigenvalue weighted by Gasteiger charge is -2.27. The van der Waals surface area contributed by atoms with Gasteiger partial charge < -0.3 is 15.3 Å². The summed E-state index contributed by atoms with van der Waals surface area (Å²) < 4.78 is 0. The number of nitrogens with one attached hydrogen (secondary N) is 1. The Balaban J connectivity index is 4.36. The Morgan fingerprint density at radius 3 is 2.19 bits per heavy atom. The third-order valence-corrected chi connectivity index (χ3v) is 2.23. The van der Waals surface area contributed by atoms with E-state index in [-0.39, 0.29) is 11.9 Å². The molecule has 0 aromatic carbocycles. The highest BCUT2D eigenvalue weighted by Crippen LogP contribution is 2.08. The van der Waals surface area contributed by atoms with Gasteiger partial charge in [0.25, 0.3) is 5.91 Å². The molecule has 0 radical (unpaired) electrons. The second kappa shape index (κ2) is 6.21. The number of carbonyl (C=O) groups is 1. The molecule has 0 aromatic heterocycles. The molecule has 0 spiro atoms. The SMILES string of the molecule is CC(C)CC(CN(C)C)NC(=O)C(C)(C)O. The Hall–Kier alpha value is -0.610. The molecule has 0 aliphatic rings. The largest absolute Gasteiger partial charge is 0.381 e. The van der Waals surface area contributed by atoms with Crippen molar-refractivity contribution in [2.45, 2.75) is 45.8 Å². The zero-order chi connectivity index (χ0) is 12.9.